The van der Waals surface area contributed by atoms with Crippen LogP contribution in [0.4, 0.5) is 9.18 Å². The molecule has 0 saturated carbocycles. The molecule has 34 heavy (non-hydrogen) atoms. The fraction of sp³-hybridized carbons (Fsp3) is 0.346. The molecule has 0 spiro atoms. The van der Waals surface area contributed by atoms with Crippen molar-refractivity contribution in [1.29, 1.82) is 0 Å². The molecule has 1 aliphatic heterocycles. The second kappa shape index (κ2) is 9.67. The number of nitrogens with one attached hydrogen (secondary N) is 1. The molecular formula is C26H29FN2O5. The third kappa shape index (κ3) is 5.81. The number of benzene rings is 2. The first-order valence-corrected chi connectivity index (χ1v) is 11.0. The molecule has 0 unspecified atom stereocenters. The number of carboxylic acid groups (broad SMARTS) is 1. The van der Waals surface area contributed by atoms with Crippen LogP contribution in [0.15, 0.2) is 47.4 Å². The highest BCUT2D eigenvalue weighted by atomic mass is 19.1. The molecule has 0 bridgehead atoms. The highest BCUT2D eigenvalue weighted by Crippen LogP contribution is 2.36. The van der Waals surface area contributed by atoms with Crippen LogP contribution in [0.5, 0.6) is 0 Å². The Bertz CT molecular complexity index is 1240. The molecule has 8 heteroatoms. The number of pyridine rings is 1. The molecule has 0 fully saturated rings. The minimum Gasteiger partial charge on any atom is -0.478 e. The van der Waals surface area contributed by atoms with Gasteiger partial charge in [-0.05, 0) is 56.0 Å². The van der Waals surface area contributed by atoms with Crippen LogP contribution in [0.25, 0.3) is 22.3 Å². The molecule has 1 aliphatic carbocycles. The molecule has 2 aliphatic rings. The van der Waals surface area contributed by atoms with Gasteiger partial charge in [0.25, 0.3) is 0 Å². The van der Waals surface area contributed by atoms with Gasteiger partial charge in [-0.1, -0.05) is 26.0 Å². The second-order valence-electron chi connectivity index (χ2n) is 9.60. The van der Waals surface area contributed by atoms with E-state index in [1.54, 1.807) is 39.1 Å². The predicted molar refractivity (Wildman–Crippen MR) is 128 cm³/mol. The van der Waals surface area contributed by atoms with Crippen molar-refractivity contribution in [3.8, 4) is 22.3 Å². The van der Waals surface area contributed by atoms with Gasteiger partial charge in [0.1, 0.15) is 11.4 Å². The lowest BCUT2D eigenvalue weighted by molar-refractivity contribution is 0.0521. The maximum atomic E-state index is 13.7. The number of carbonyl (C=O) groups excluding carboxylic acids is 1. The molecular weight excluding hydrogens is 439 g/mol. The van der Waals surface area contributed by atoms with Crippen LogP contribution >= 0.6 is 0 Å². The quantitative estimate of drug-likeness (QED) is 0.522. The van der Waals surface area contributed by atoms with E-state index in [1.807, 2.05) is 18.4 Å². The highest BCUT2D eigenvalue weighted by Gasteiger charge is 2.24. The summed E-state index contributed by atoms with van der Waals surface area (Å²) in [6, 6.07) is 8.26. The monoisotopic (exact) mass is 468 g/mol. The van der Waals surface area contributed by atoms with Crippen LogP contribution in [0, 0.1) is 11.7 Å². The Morgan fingerprint density at radius 3 is 2.32 bits per heavy atom. The normalized spacial score (nSPS) is 11.6. The van der Waals surface area contributed by atoms with Crippen LogP contribution in [0.3, 0.4) is 0 Å². The molecule has 0 saturated heterocycles. The van der Waals surface area contributed by atoms with Gasteiger partial charge in [0.05, 0.1) is 12.1 Å². The molecule has 2 N–H and O–H groups in total. The van der Waals surface area contributed by atoms with E-state index >= 15 is 0 Å². The summed E-state index contributed by atoms with van der Waals surface area (Å²) in [5.74, 6) is -1.45. The number of rotatable bonds is 6. The Labute approximate surface area is 197 Å². The number of ether oxygens (including phenoxy) is 1. The predicted octanol–water partition coefficient (Wildman–Crippen LogP) is 5.14. The van der Waals surface area contributed by atoms with Crippen LogP contribution in [-0.4, -0.2) is 27.3 Å². The van der Waals surface area contributed by atoms with Crippen LogP contribution in [0.1, 0.15) is 50.7 Å². The molecule has 1 aromatic carbocycles. The zero-order chi connectivity index (χ0) is 25.2. The van der Waals surface area contributed by atoms with Crippen molar-refractivity contribution < 1.29 is 23.8 Å². The summed E-state index contributed by atoms with van der Waals surface area (Å²) < 4.78 is 20.9. The number of nitrogens with zero attached hydrogens (tertiary/aromatic N) is 1. The Balaban J connectivity index is 2.30. The van der Waals surface area contributed by atoms with E-state index in [9.17, 15) is 23.9 Å². The van der Waals surface area contributed by atoms with Crippen LogP contribution < -0.4 is 10.7 Å². The zero-order valence-electron chi connectivity index (χ0n) is 19.9. The van der Waals surface area contributed by atoms with Crippen molar-refractivity contribution in [1.82, 2.24) is 9.88 Å². The lowest BCUT2D eigenvalue weighted by Gasteiger charge is -2.26. The Kier molecular flexibility index (Phi) is 7.09. The summed E-state index contributed by atoms with van der Waals surface area (Å²) in [6.45, 7) is 9.90. The number of carboxylic acids is 1. The maximum absolute atomic E-state index is 13.7. The number of aromatic carboxylic acids is 1. The van der Waals surface area contributed by atoms with E-state index in [0.717, 1.165) is 6.07 Å². The average Bonchev–Trinajstić information content (AvgIpc) is 2.71. The number of carbonyl (C=O) groups is 2. The van der Waals surface area contributed by atoms with Gasteiger partial charge < -0.3 is 19.7 Å². The molecule has 0 atom stereocenters. The van der Waals surface area contributed by atoms with E-state index in [1.165, 1.54) is 18.2 Å². The first-order valence-electron chi connectivity index (χ1n) is 11.0. The number of alkyl carbamates (subject to hydrolysis) is 1. The van der Waals surface area contributed by atoms with E-state index in [2.05, 4.69) is 5.32 Å². The van der Waals surface area contributed by atoms with E-state index < -0.39 is 28.9 Å². The summed E-state index contributed by atoms with van der Waals surface area (Å²) in [5, 5.41) is 12.3. The molecule has 0 aromatic heterocycles. The molecule has 1 aromatic rings. The van der Waals surface area contributed by atoms with Crippen molar-refractivity contribution >= 4 is 12.1 Å². The third-order valence-electron chi connectivity index (χ3n) is 5.07. The van der Waals surface area contributed by atoms with E-state index in [4.69, 9.17) is 4.74 Å². The van der Waals surface area contributed by atoms with Gasteiger partial charge in [-0.15, -0.1) is 0 Å². The summed E-state index contributed by atoms with van der Waals surface area (Å²) >= 11 is 0. The van der Waals surface area contributed by atoms with Crippen LogP contribution in [0.2, 0.25) is 0 Å². The Hall–Kier alpha value is -3.68. The van der Waals surface area contributed by atoms with Gasteiger partial charge in [0.2, 0.25) is 0 Å². The van der Waals surface area contributed by atoms with Gasteiger partial charge in [-0.25, -0.2) is 14.0 Å². The molecule has 7 nitrogen and oxygen atoms in total. The summed E-state index contributed by atoms with van der Waals surface area (Å²) in [4.78, 5) is 37.0. The van der Waals surface area contributed by atoms with Crippen molar-refractivity contribution in [3.05, 3.63) is 69.9 Å². The molecule has 0 radical (unpaired) electrons. The number of amides is 1. The number of aromatic nitrogens is 1. The topological polar surface area (TPSA) is 97.6 Å². The van der Waals surface area contributed by atoms with Crippen molar-refractivity contribution in [3.63, 3.8) is 0 Å². The standard InChI is InChI=1S/C26H29FN2O5/c1-15(2)13-29-14-20-19(10-17(24(31)32)11-22(20)30)23(16-6-8-18(27)9-7-16)21(29)12-28-25(33)34-26(3,4)5/h6-11,14-15H,12-13H2,1-5H3,(H,28,33)(H,31,32). The Morgan fingerprint density at radius 2 is 1.76 bits per heavy atom. The summed E-state index contributed by atoms with van der Waals surface area (Å²) in [7, 11) is 0. The number of halogens is 1. The summed E-state index contributed by atoms with van der Waals surface area (Å²) in [6.07, 6.45) is 1.07. The zero-order valence-corrected chi connectivity index (χ0v) is 19.9. The highest BCUT2D eigenvalue weighted by molar-refractivity contribution is 5.94. The molecule has 180 valence electrons. The van der Waals surface area contributed by atoms with Crippen molar-refractivity contribution in [2.45, 2.75) is 53.3 Å². The number of hydrogen-bond donors (Lipinski definition) is 2. The van der Waals surface area contributed by atoms with Crippen LogP contribution in [-0.2, 0) is 17.8 Å². The maximum Gasteiger partial charge on any atom is 0.407 e. The summed E-state index contributed by atoms with van der Waals surface area (Å²) in [5.41, 5.74) is 1.27. The molecule has 3 rings (SSSR count). The lowest BCUT2D eigenvalue weighted by Crippen LogP contribution is -2.33. The van der Waals surface area contributed by atoms with E-state index in [-0.39, 0.29) is 18.0 Å². The van der Waals surface area contributed by atoms with Gasteiger partial charge in [-0.3, -0.25) is 4.79 Å². The van der Waals surface area contributed by atoms with Gasteiger partial charge in [0, 0.05) is 35.6 Å². The minimum atomic E-state index is -1.23. The first kappa shape index (κ1) is 25.0. The molecule has 1 amide bonds. The minimum absolute atomic E-state index is 0.0514. The van der Waals surface area contributed by atoms with Gasteiger partial charge in [-0.2, -0.15) is 0 Å². The fourth-order valence-electron chi connectivity index (χ4n) is 3.78. The van der Waals surface area contributed by atoms with E-state index in [0.29, 0.717) is 34.5 Å². The SMILES string of the molecule is CC(C)Cn1cc2c(=O)cc(C(=O)O)cc-2c(-c2ccc(F)cc2)c1CNC(=O)OC(C)(C)C. The second-order valence-corrected chi connectivity index (χ2v) is 9.60. The van der Waals surface area contributed by atoms with Gasteiger partial charge in [0.15, 0.2) is 5.43 Å². The lowest BCUT2D eigenvalue weighted by atomic mass is 9.90. The number of hydrogen-bond acceptors (Lipinski definition) is 4. The fourth-order valence-corrected chi connectivity index (χ4v) is 3.78. The molecule has 1 heterocycles. The largest absolute Gasteiger partial charge is 0.478 e. The van der Waals surface area contributed by atoms with Gasteiger partial charge >= 0.3 is 12.1 Å². The van der Waals surface area contributed by atoms with Crippen molar-refractivity contribution in [2.75, 3.05) is 0 Å². The average molecular weight is 469 g/mol. The smallest absolute Gasteiger partial charge is 0.407 e. The third-order valence-corrected chi connectivity index (χ3v) is 5.07. The first-order chi connectivity index (χ1) is 15.9. The Morgan fingerprint density at radius 1 is 1.12 bits per heavy atom. The van der Waals surface area contributed by atoms with Crippen molar-refractivity contribution in [2.24, 2.45) is 5.92 Å². The number of fused-ring (bicyclic) bond motifs is 1.